The molecule has 6 nitrogen and oxygen atoms in total. The third-order valence-electron chi connectivity index (χ3n) is 4.35. The highest BCUT2D eigenvalue weighted by Crippen LogP contribution is 2.37. The molecule has 1 aromatic rings. The fraction of sp³-hybridized carbons (Fsp3) is 0.222. The normalized spacial score (nSPS) is 17.4. The second-order valence-electron chi connectivity index (χ2n) is 5.94. The number of benzene rings is 1. The number of aryl methyl sites for hydroxylation is 1. The molecule has 1 aromatic carbocycles. The molecule has 26 heavy (non-hydrogen) atoms. The van der Waals surface area contributed by atoms with Crippen LogP contribution in [0.15, 0.2) is 35.4 Å². The Hall–Kier alpha value is -2.06. The van der Waals surface area contributed by atoms with E-state index in [0.29, 0.717) is 33.6 Å². The van der Waals surface area contributed by atoms with Crippen molar-refractivity contribution in [2.75, 3.05) is 20.5 Å². The number of carbonyl (C=O) groups is 4. The molecule has 0 atom stereocenters. The van der Waals surface area contributed by atoms with Crippen LogP contribution in [0.25, 0.3) is 0 Å². The summed E-state index contributed by atoms with van der Waals surface area (Å²) < 4.78 is 0. The van der Waals surface area contributed by atoms with Crippen LogP contribution in [0.4, 0.5) is 11.4 Å². The van der Waals surface area contributed by atoms with E-state index in [4.69, 9.17) is 0 Å². The van der Waals surface area contributed by atoms with Gasteiger partial charge in [-0.05, 0) is 31.0 Å². The maximum Gasteiger partial charge on any atom is 0.262 e. The third-order valence-corrected chi connectivity index (χ3v) is 5.56. The molecule has 0 unspecified atom stereocenters. The number of nitrogens with zero attached hydrogens (tertiary/aromatic N) is 2. The van der Waals surface area contributed by atoms with Crippen molar-refractivity contribution in [3.8, 4) is 0 Å². The molecule has 0 radical (unpaired) electrons. The third kappa shape index (κ3) is 2.77. The van der Waals surface area contributed by atoms with Gasteiger partial charge in [-0.2, -0.15) is 0 Å². The number of carbonyl (C=O) groups excluding carboxylic acids is 4. The van der Waals surface area contributed by atoms with Crippen molar-refractivity contribution in [2.45, 2.75) is 13.8 Å². The summed E-state index contributed by atoms with van der Waals surface area (Å²) in [5, 5.41) is 0.543. The number of alkyl halides is 2. The van der Waals surface area contributed by atoms with Crippen LogP contribution in [-0.4, -0.2) is 34.3 Å². The number of halogens is 2. The maximum absolute atomic E-state index is 12.6. The van der Waals surface area contributed by atoms with E-state index in [2.05, 4.69) is 31.9 Å². The molecule has 3 rings (SSSR count). The topological polar surface area (TPSA) is 74.8 Å². The van der Waals surface area contributed by atoms with Crippen LogP contribution in [0.5, 0.6) is 0 Å². The summed E-state index contributed by atoms with van der Waals surface area (Å²) >= 11 is 6.40. The largest absolute Gasteiger partial charge is 0.269 e. The lowest BCUT2D eigenvalue weighted by Crippen LogP contribution is -2.35. The molecular weight excluding hydrogens is 468 g/mol. The molecule has 2 aliphatic rings. The Morgan fingerprint density at radius 2 is 1.31 bits per heavy atom. The Labute approximate surface area is 166 Å². The number of imide groups is 2. The van der Waals surface area contributed by atoms with Crippen LogP contribution in [0.2, 0.25) is 0 Å². The van der Waals surface area contributed by atoms with Gasteiger partial charge in [-0.25, -0.2) is 9.80 Å². The van der Waals surface area contributed by atoms with Gasteiger partial charge in [-0.3, -0.25) is 19.2 Å². The first kappa shape index (κ1) is 18.7. The zero-order valence-corrected chi connectivity index (χ0v) is 17.2. The first-order valence-corrected chi connectivity index (χ1v) is 9.96. The minimum absolute atomic E-state index is 0.271. The minimum Gasteiger partial charge on any atom is -0.269 e. The van der Waals surface area contributed by atoms with Gasteiger partial charge in [0.15, 0.2) is 0 Å². The number of amides is 4. The lowest BCUT2D eigenvalue weighted by atomic mass is 10.0. The first-order chi connectivity index (χ1) is 12.3. The van der Waals surface area contributed by atoms with Crippen molar-refractivity contribution < 1.29 is 19.2 Å². The van der Waals surface area contributed by atoms with E-state index in [9.17, 15) is 19.2 Å². The molecule has 2 heterocycles. The summed E-state index contributed by atoms with van der Waals surface area (Å²) in [5.74, 6) is -1.71. The zero-order valence-electron chi connectivity index (χ0n) is 14.0. The lowest BCUT2D eigenvalue weighted by Gasteiger charge is -2.25. The van der Waals surface area contributed by atoms with Gasteiger partial charge in [0.2, 0.25) is 0 Å². The molecule has 134 valence electrons. The lowest BCUT2D eigenvalue weighted by molar-refractivity contribution is -0.121. The van der Waals surface area contributed by atoms with Crippen LogP contribution in [-0.2, 0) is 19.2 Å². The quantitative estimate of drug-likeness (QED) is 0.489. The van der Waals surface area contributed by atoms with Crippen molar-refractivity contribution in [3.05, 3.63) is 46.6 Å². The Bertz CT molecular complexity index is 933. The molecule has 4 amide bonds. The average molecular weight is 482 g/mol. The molecule has 2 aliphatic heterocycles. The van der Waals surface area contributed by atoms with Gasteiger partial charge in [-0.15, -0.1) is 0 Å². The van der Waals surface area contributed by atoms with Crippen LogP contribution in [0.1, 0.15) is 11.1 Å². The molecule has 0 bridgehead atoms. The summed E-state index contributed by atoms with van der Waals surface area (Å²) in [5.41, 5.74) is 2.69. The van der Waals surface area contributed by atoms with E-state index in [1.165, 1.54) is 12.2 Å². The summed E-state index contributed by atoms with van der Waals surface area (Å²) in [6.45, 7) is 3.46. The Kier molecular flexibility index (Phi) is 4.98. The van der Waals surface area contributed by atoms with E-state index >= 15 is 0 Å². The predicted octanol–water partition coefficient (Wildman–Crippen LogP) is 2.69. The Morgan fingerprint density at radius 3 is 1.81 bits per heavy atom. The summed E-state index contributed by atoms with van der Waals surface area (Å²) in [6, 6.07) is 3.34. The number of hydrogen-bond acceptors (Lipinski definition) is 4. The zero-order chi connectivity index (χ0) is 19.2. The fourth-order valence-electron chi connectivity index (χ4n) is 3.08. The summed E-state index contributed by atoms with van der Waals surface area (Å²) in [7, 11) is 0. The van der Waals surface area contributed by atoms with Gasteiger partial charge in [0, 0.05) is 34.0 Å². The average Bonchev–Trinajstić information content (AvgIpc) is 3.05. The van der Waals surface area contributed by atoms with E-state index in [1.54, 1.807) is 26.0 Å². The SMILES string of the molecule is Cc1ccc(N2C(=O)C=C(CBr)C2=O)c(C)c1N1C(=O)C=C(CBr)C1=O. The monoisotopic (exact) mass is 480 g/mol. The van der Waals surface area contributed by atoms with Crippen molar-refractivity contribution in [1.82, 2.24) is 0 Å². The van der Waals surface area contributed by atoms with Crippen molar-refractivity contribution in [1.29, 1.82) is 0 Å². The molecule has 8 heteroatoms. The molecule has 0 spiro atoms. The molecule has 0 N–H and O–H groups in total. The van der Waals surface area contributed by atoms with Crippen molar-refractivity contribution in [3.63, 3.8) is 0 Å². The highest BCUT2D eigenvalue weighted by atomic mass is 79.9. The Balaban J connectivity index is 2.10. The predicted molar refractivity (Wildman–Crippen MR) is 105 cm³/mol. The number of rotatable bonds is 4. The van der Waals surface area contributed by atoms with Crippen molar-refractivity contribution >= 4 is 66.9 Å². The molecule has 0 aliphatic carbocycles. The highest BCUT2D eigenvalue weighted by molar-refractivity contribution is 9.09. The minimum atomic E-state index is -0.444. The fourth-order valence-corrected chi connectivity index (χ4v) is 3.88. The molecule has 0 fully saturated rings. The maximum atomic E-state index is 12.6. The second-order valence-corrected chi connectivity index (χ2v) is 7.06. The first-order valence-electron chi connectivity index (χ1n) is 7.72. The Morgan fingerprint density at radius 1 is 0.808 bits per heavy atom. The van der Waals surface area contributed by atoms with Gasteiger partial charge in [0.25, 0.3) is 23.6 Å². The second kappa shape index (κ2) is 6.92. The van der Waals surface area contributed by atoms with E-state index in [1.807, 2.05) is 0 Å². The molecule has 0 saturated carbocycles. The number of hydrogen-bond donors (Lipinski definition) is 0. The standard InChI is InChI=1S/C18H14Br2N2O4/c1-9-3-4-13(21-14(23)5-11(7-19)17(21)25)10(2)16(9)22-15(24)6-12(8-20)18(22)26/h3-6H,7-8H2,1-2H3. The van der Waals surface area contributed by atoms with Gasteiger partial charge >= 0.3 is 0 Å². The summed E-state index contributed by atoms with van der Waals surface area (Å²) in [4.78, 5) is 51.9. The van der Waals surface area contributed by atoms with Gasteiger partial charge in [0.1, 0.15) is 0 Å². The van der Waals surface area contributed by atoms with Crippen molar-refractivity contribution in [2.24, 2.45) is 0 Å². The van der Waals surface area contributed by atoms with Gasteiger partial charge in [0.05, 0.1) is 11.4 Å². The van der Waals surface area contributed by atoms with Crippen LogP contribution >= 0.6 is 31.9 Å². The number of anilines is 2. The highest BCUT2D eigenvalue weighted by Gasteiger charge is 2.37. The van der Waals surface area contributed by atoms with E-state index < -0.39 is 23.6 Å². The van der Waals surface area contributed by atoms with E-state index in [0.717, 1.165) is 9.80 Å². The van der Waals surface area contributed by atoms with Crippen LogP contribution < -0.4 is 9.80 Å². The molecule has 0 aromatic heterocycles. The molecule has 0 saturated heterocycles. The summed E-state index contributed by atoms with van der Waals surface area (Å²) in [6.07, 6.45) is 2.58. The van der Waals surface area contributed by atoms with Gasteiger partial charge < -0.3 is 0 Å². The van der Waals surface area contributed by atoms with E-state index in [-0.39, 0.29) is 10.7 Å². The van der Waals surface area contributed by atoms with Crippen LogP contribution in [0.3, 0.4) is 0 Å². The van der Waals surface area contributed by atoms with Crippen LogP contribution in [0, 0.1) is 13.8 Å². The smallest absolute Gasteiger partial charge is 0.262 e. The molecular formula is C18H14Br2N2O4. The van der Waals surface area contributed by atoms with Gasteiger partial charge in [-0.1, -0.05) is 37.9 Å².